The molecule has 1 saturated heterocycles. The molecule has 1 aliphatic heterocycles. The zero-order chi connectivity index (χ0) is 20.3. The lowest BCUT2D eigenvalue weighted by Gasteiger charge is -2.26. The summed E-state index contributed by atoms with van der Waals surface area (Å²) in [6, 6.07) is 11.8. The molecule has 2 aromatic rings. The Labute approximate surface area is 165 Å². The van der Waals surface area contributed by atoms with Crippen molar-refractivity contribution in [1.82, 2.24) is 0 Å². The number of carbonyl (C=O) groups excluding carboxylic acids is 2. The average Bonchev–Trinajstić information content (AvgIpc) is 2.66. The van der Waals surface area contributed by atoms with E-state index in [2.05, 4.69) is 0 Å². The highest BCUT2D eigenvalue weighted by atomic mass is 16.5. The van der Waals surface area contributed by atoms with Crippen LogP contribution < -0.4 is 4.74 Å². The number of aryl methyl sites for hydroxylation is 1. The Hall–Kier alpha value is -2.40. The lowest BCUT2D eigenvalue weighted by atomic mass is 9.90. The normalized spacial score (nSPS) is 20.1. The SMILES string of the molecule is CCC(C)(C)C(=O)Oc1c(CCC2CC(O)CC(=O)O2)ccc2ccccc12. The molecule has 1 fully saturated rings. The maximum Gasteiger partial charge on any atom is 0.316 e. The first-order chi connectivity index (χ1) is 13.3. The minimum atomic E-state index is -0.648. The van der Waals surface area contributed by atoms with E-state index < -0.39 is 11.5 Å². The predicted molar refractivity (Wildman–Crippen MR) is 107 cm³/mol. The molecule has 0 saturated carbocycles. The summed E-state index contributed by atoms with van der Waals surface area (Å²) < 4.78 is 11.3. The van der Waals surface area contributed by atoms with Crippen molar-refractivity contribution in [2.45, 2.75) is 65.1 Å². The highest BCUT2D eigenvalue weighted by molar-refractivity contribution is 5.92. The van der Waals surface area contributed by atoms with Crippen molar-refractivity contribution in [3.05, 3.63) is 42.0 Å². The number of aliphatic hydroxyl groups is 1. The molecule has 2 unspecified atom stereocenters. The van der Waals surface area contributed by atoms with E-state index in [4.69, 9.17) is 9.47 Å². The molecule has 5 nitrogen and oxygen atoms in total. The Bertz CT molecular complexity index is 870. The van der Waals surface area contributed by atoms with E-state index in [1.807, 2.05) is 57.2 Å². The molecule has 28 heavy (non-hydrogen) atoms. The first-order valence-corrected chi connectivity index (χ1v) is 9.90. The smallest absolute Gasteiger partial charge is 0.316 e. The molecule has 0 aliphatic carbocycles. The third-order valence-electron chi connectivity index (χ3n) is 5.56. The van der Waals surface area contributed by atoms with Crippen LogP contribution in [-0.2, 0) is 20.7 Å². The molecule has 1 aliphatic rings. The van der Waals surface area contributed by atoms with Crippen LogP contribution in [0.15, 0.2) is 36.4 Å². The molecule has 2 atom stereocenters. The number of rotatable bonds is 6. The number of fused-ring (bicyclic) bond motifs is 1. The molecule has 0 amide bonds. The van der Waals surface area contributed by atoms with Gasteiger partial charge in [-0.3, -0.25) is 9.59 Å². The minimum absolute atomic E-state index is 0.0570. The fourth-order valence-electron chi connectivity index (χ4n) is 3.34. The molecule has 0 aromatic heterocycles. The Morgan fingerprint density at radius 3 is 2.71 bits per heavy atom. The predicted octanol–water partition coefficient (Wildman–Crippen LogP) is 4.18. The first kappa shape index (κ1) is 20.3. The fraction of sp³-hybridized carbons (Fsp3) is 0.478. The third-order valence-corrected chi connectivity index (χ3v) is 5.56. The van der Waals surface area contributed by atoms with Gasteiger partial charge in [0.15, 0.2) is 0 Å². The first-order valence-electron chi connectivity index (χ1n) is 9.90. The van der Waals surface area contributed by atoms with Crippen molar-refractivity contribution < 1.29 is 24.2 Å². The third kappa shape index (κ3) is 4.53. The molecule has 3 rings (SSSR count). The van der Waals surface area contributed by atoms with Gasteiger partial charge in [0.25, 0.3) is 0 Å². The molecule has 0 radical (unpaired) electrons. The number of aliphatic hydroxyl groups excluding tert-OH is 1. The Balaban J connectivity index is 1.87. The van der Waals surface area contributed by atoms with Gasteiger partial charge in [-0.05, 0) is 44.1 Å². The number of cyclic esters (lactones) is 1. The van der Waals surface area contributed by atoms with E-state index in [1.165, 1.54) is 0 Å². The van der Waals surface area contributed by atoms with E-state index in [-0.39, 0.29) is 24.5 Å². The van der Waals surface area contributed by atoms with Crippen LogP contribution in [0.1, 0.15) is 52.0 Å². The molecule has 2 aromatic carbocycles. The molecule has 1 N–H and O–H groups in total. The molecule has 0 bridgehead atoms. The number of esters is 2. The number of ether oxygens (including phenoxy) is 2. The lowest BCUT2D eigenvalue weighted by Crippen LogP contribution is -2.33. The summed E-state index contributed by atoms with van der Waals surface area (Å²) in [5, 5.41) is 11.7. The average molecular weight is 384 g/mol. The van der Waals surface area contributed by atoms with Crippen LogP contribution in [0.5, 0.6) is 5.75 Å². The molecular formula is C23H28O5. The zero-order valence-electron chi connectivity index (χ0n) is 16.7. The Morgan fingerprint density at radius 1 is 1.25 bits per heavy atom. The summed E-state index contributed by atoms with van der Waals surface area (Å²) in [6.45, 7) is 5.72. The maximum absolute atomic E-state index is 12.7. The van der Waals surface area contributed by atoms with Gasteiger partial charge in [0.2, 0.25) is 0 Å². The van der Waals surface area contributed by atoms with E-state index in [9.17, 15) is 14.7 Å². The van der Waals surface area contributed by atoms with Crippen LogP contribution in [0, 0.1) is 5.41 Å². The van der Waals surface area contributed by atoms with Crippen molar-refractivity contribution in [3.8, 4) is 5.75 Å². The van der Waals surface area contributed by atoms with Crippen LogP contribution in [0.4, 0.5) is 0 Å². The monoisotopic (exact) mass is 384 g/mol. The van der Waals surface area contributed by atoms with Crippen molar-refractivity contribution in [2.75, 3.05) is 0 Å². The van der Waals surface area contributed by atoms with Crippen molar-refractivity contribution >= 4 is 22.7 Å². The van der Waals surface area contributed by atoms with Crippen molar-refractivity contribution in [2.24, 2.45) is 5.41 Å². The Morgan fingerprint density at radius 2 is 2.00 bits per heavy atom. The van der Waals surface area contributed by atoms with Gasteiger partial charge in [-0.25, -0.2) is 0 Å². The molecule has 1 heterocycles. The summed E-state index contributed by atoms with van der Waals surface area (Å²) in [7, 11) is 0. The fourth-order valence-corrected chi connectivity index (χ4v) is 3.34. The standard InChI is InChI=1S/C23H28O5/c1-4-23(2,3)22(26)28-21-16(10-9-15-7-5-6-8-19(15)21)11-12-18-13-17(24)14-20(25)27-18/h5-10,17-18,24H,4,11-14H2,1-3H3. The lowest BCUT2D eigenvalue weighted by molar-refractivity contribution is -0.160. The molecule has 150 valence electrons. The Kier molecular flexibility index (Phi) is 6.04. The highest BCUT2D eigenvalue weighted by Crippen LogP contribution is 2.34. The molecule has 5 heteroatoms. The van der Waals surface area contributed by atoms with Crippen LogP contribution in [0.25, 0.3) is 10.8 Å². The van der Waals surface area contributed by atoms with Crippen LogP contribution >= 0.6 is 0 Å². The van der Waals surface area contributed by atoms with Crippen molar-refractivity contribution in [1.29, 1.82) is 0 Å². The van der Waals surface area contributed by atoms with E-state index in [1.54, 1.807) is 0 Å². The zero-order valence-corrected chi connectivity index (χ0v) is 16.7. The summed E-state index contributed by atoms with van der Waals surface area (Å²) in [5.74, 6) is -0.0435. The maximum atomic E-state index is 12.7. The van der Waals surface area contributed by atoms with Gasteiger partial charge in [0.1, 0.15) is 11.9 Å². The quantitative estimate of drug-likeness (QED) is 0.597. The van der Waals surface area contributed by atoms with E-state index in [0.29, 0.717) is 31.4 Å². The van der Waals surface area contributed by atoms with Crippen LogP contribution in [0.3, 0.4) is 0 Å². The number of benzene rings is 2. The van der Waals surface area contributed by atoms with Gasteiger partial charge in [0, 0.05) is 11.8 Å². The molecule has 0 spiro atoms. The number of hydrogen-bond donors (Lipinski definition) is 1. The van der Waals surface area contributed by atoms with Crippen molar-refractivity contribution in [3.63, 3.8) is 0 Å². The molecular weight excluding hydrogens is 356 g/mol. The van der Waals surface area contributed by atoms with Gasteiger partial charge in [-0.15, -0.1) is 0 Å². The topological polar surface area (TPSA) is 72.8 Å². The second-order valence-corrected chi connectivity index (χ2v) is 8.15. The van der Waals surface area contributed by atoms with Gasteiger partial charge in [-0.2, -0.15) is 0 Å². The largest absolute Gasteiger partial charge is 0.462 e. The summed E-state index contributed by atoms with van der Waals surface area (Å²) in [6.07, 6.45) is 1.37. The van der Waals surface area contributed by atoms with E-state index >= 15 is 0 Å². The van der Waals surface area contributed by atoms with E-state index in [0.717, 1.165) is 16.3 Å². The van der Waals surface area contributed by atoms with Gasteiger partial charge in [-0.1, -0.05) is 43.3 Å². The number of hydrogen-bond acceptors (Lipinski definition) is 5. The summed E-state index contributed by atoms with van der Waals surface area (Å²) in [5.41, 5.74) is 0.326. The van der Waals surface area contributed by atoms with Gasteiger partial charge >= 0.3 is 11.9 Å². The highest BCUT2D eigenvalue weighted by Gasteiger charge is 2.30. The minimum Gasteiger partial charge on any atom is -0.462 e. The second-order valence-electron chi connectivity index (χ2n) is 8.15. The summed E-state index contributed by atoms with van der Waals surface area (Å²) >= 11 is 0. The second kappa shape index (κ2) is 8.31. The van der Waals surface area contributed by atoms with Gasteiger partial charge < -0.3 is 14.6 Å². The number of carbonyl (C=O) groups is 2. The van der Waals surface area contributed by atoms with Crippen LogP contribution in [-0.4, -0.2) is 29.3 Å². The summed E-state index contributed by atoms with van der Waals surface area (Å²) in [4.78, 5) is 24.3. The van der Waals surface area contributed by atoms with Gasteiger partial charge in [0.05, 0.1) is 17.9 Å². The van der Waals surface area contributed by atoms with Crippen LogP contribution in [0.2, 0.25) is 0 Å².